The van der Waals surface area contributed by atoms with Crippen molar-refractivity contribution in [2.75, 3.05) is 0 Å². The van der Waals surface area contributed by atoms with Crippen LogP contribution >= 0.6 is 0 Å². The maximum atomic E-state index is 4.58. The van der Waals surface area contributed by atoms with Gasteiger partial charge in [0.05, 0.1) is 35.3 Å². The Morgan fingerprint density at radius 1 is 1.00 bits per heavy atom. The zero-order valence-electron chi connectivity index (χ0n) is 9.90. The summed E-state index contributed by atoms with van der Waals surface area (Å²) in [5.74, 6) is 0. The third kappa shape index (κ3) is 3.35. The molecular formula is C13H16N2O. The number of hydrogen-bond acceptors (Lipinski definition) is 3. The van der Waals surface area contributed by atoms with Crippen LogP contribution in [0.1, 0.15) is 22.8 Å². The summed E-state index contributed by atoms with van der Waals surface area (Å²) < 4.78 is 4.58. The summed E-state index contributed by atoms with van der Waals surface area (Å²) in [7, 11) is 0. The molecule has 2 heterocycles. The SMILES string of the molecule is C=Cc1nc(C)c(C)nc1C.c1ccoc1. The Morgan fingerprint density at radius 2 is 1.56 bits per heavy atom. The van der Waals surface area contributed by atoms with E-state index in [0.29, 0.717) is 0 Å². The first kappa shape index (κ1) is 12.2. The molecule has 0 atom stereocenters. The molecule has 0 aliphatic carbocycles. The van der Waals surface area contributed by atoms with Gasteiger partial charge >= 0.3 is 0 Å². The van der Waals surface area contributed by atoms with Gasteiger partial charge in [-0.05, 0) is 39.0 Å². The van der Waals surface area contributed by atoms with Crippen LogP contribution in [0.5, 0.6) is 0 Å². The molecule has 0 radical (unpaired) electrons. The highest BCUT2D eigenvalue weighted by Gasteiger charge is 2.00. The number of furan rings is 1. The first-order chi connectivity index (χ1) is 7.65. The molecule has 2 rings (SSSR count). The summed E-state index contributed by atoms with van der Waals surface area (Å²) in [4.78, 5) is 8.62. The van der Waals surface area contributed by atoms with Crippen LogP contribution in [0.2, 0.25) is 0 Å². The summed E-state index contributed by atoms with van der Waals surface area (Å²) in [6, 6.07) is 3.67. The van der Waals surface area contributed by atoms with Crippen LogP contribution in [0.3, 0.4) is 0 Å². The molecule has 16 heavy (non-hydrogen) atoms. The van der Waals surface area contributed by atoms with E-state index in [1.807, 2.05) is 32.9 Å². The fraction of sp³-hybridized carbons (Fsp3) is 0.231. The summed E-state index contributed by atoms with van der Waals surface area (Å²) in [6.07, 6.45) is 4.98. The lowest BCUT2D eigenvalue weighted by molar-refractivity contribution is 0.567. The van der Waals surface area contributed by atoms with Crippen LogP contribution in [0.25, 0.3) is 6.08 Å². The zero-order chi connectivity index (χ0) is 12.0. The van der Waals surface area contributed by atoms with Gasteiger partial charge in [0.2, 0.25) is 0 Å². The van der Waals surface area contributed by atoms with Crippen molar-refractivity contribution in [1.29, 1.82) is 0 Å². The second-order valence-corrected chi connectivity index (χ2v) is 3.36. The van der Waals surface area contributed by atoms with E-state index < -0.39 is 0 Å². The van der Waals surface area contributed by atoms with E-state index in [1.165, 1.54) is 0 Å². The molecule has 0 saturated heterocycles. The van der Waals surface area contributed by atoms with Crippen molar-refractivity contribution in [3.63, 3.8) is 0 Å². The topological polar surface area (TPSA) is 38.9 Å². The predicted octanol–water partition coefficient (Wildman–Crippen LogP) is 3.32. The number of hydrogen-bond donors (Lipinski definition) is 0. The smallest absolute Gasteiger partial charge is 0.0902 e. The Labute approximate surface area is 95.9 Å². The normalized spacial score (nSPS) is 9.19. The molecule has 2 aromatic rings. The molecule has 0 aliphatic heterocycles. The second-order valence-electron chi connectivity index (χ2n) is 3.36. The number of aryl methyl sites for hydroxylation is 3. The van der Waals surface area contributed by atoms with Crippen molar-refractivity contribution >= 4 is 6.08 Å². The minimum atomic E-state index is 0.883. The van der Waals surface area contributed by atoms with E-state index >= 15 is 0 Å². The van der Waals surface area contributed by atoms with Crippen molar-refractivity contribution in [3.05, 3.63) is 54.0 Å². The summed E-state index contributed by atoms with van der Waals surface area (Å²) in [6.45, 7) is 9.51. The van der Waals surface area contributed by atoms with Gasteiger partial charge in [0.15, 0.2) is 0 Å². The Balaban J connectivity index is 0.000000212. The number of rotatable bonds is 1. The van der Waals surface area contributed by atoms with Crippen molar-refractivity contribution < 1.29 is 4.42 Å². The first-order valence-corrected chi connectivity index (χ1v) is 5.06. The highest BCUT2D eigenvalue weighted by Crippen LogP contribution is 2.07. The van der Waals surface area contributed by atoms with Gasteiger partial charge in [-0.25, -0.2) is 4.98 Å². The quantitative estimate of drug-likeness (QED) is 0.734. The standard InChI is InChI=1S/C9H12N2.C4H4O/c1-5-9-8(4)10-6(2)7(3)11-9;1-2-4-5-3-1/h5H,1H2,2-4H3;1-4H. The lowest BCUT2D eigenvalue weighted by atomic mass is 10.2. The molecule has 0 amide bonds. The Kier molecular flexibility index (Phi) is 4.45. The molecule has 0 unspecified atom stereocenters. The third-order valence-electron chi connectivity index (χ3n) is 2.14. The van der Waals surface area contributed by atoms with E-state index in [9.17, 15) is 0 Å². The highest BCUT2D eigenvalue weighted by atomic mass is 16.3. The molecule has 0 fully saturated rings. The zero-order valence-corrected chi connectivity index (χ0v) is 9.90. The van der Waals surface area contributed by atoms with Crippen LogP contribution < -0.4 is 0 Å². The van der Waals surface area contributed by atoms with Gasteiger partial charge in [0.1, 0.15) is 0 Å². The van der Waals surface area contributed by atoms with Crippen molar-refractivity contribution in [2.24, 2.45) is 0 Å². The van der Waals surface area contributed by atoms with Crippen molar-refractivity contribution in [3.8, 4) is 0 Å². The molecule has 2 aromatic heterocycles. The molecule has 0 N–H and O–H groups in total. The number of aromatic nitrogens is 2. The highest BCUT2D eigenvalue weighted by molar-refractivity contribution is 5.44. The fourth-order valence-corrected chi connectivity index (χ4v) is 1.15. The molecule has 0 spiro atoms. The Hall–Kier alpha value is -1.90. The van der Waals surface area contributed by atoms with Gasteiger partial charge in [0.25, 0.3) is 0 Å². The van der Waals surface area contributed by atoms with Crippen molar-refractivity contribution in [2.45, 2.75) is 20.8 Å². The molecule has 0 saturated carbocycles. The largest absolute Gasteiger partial charge is 0.473 e. The molecular weight excluding hydrogens is 200 g/mol. The predicted molar refractivity (Wildman–Crippen MR) is 65.0 cm³/mol. The van der Waals surface area contributed by atoms with Crippen LogP contribution in [-0.2, 0) is 0 Å². The van der Waals surface area contributed by atoms with E-state index in [4.69, 9.17) is 0 Å². The lowest BCUT2D eigenvalue weighted by Crippen LogP contribution is -1.97. The van der Waals surface area contributed by atoms with Gasteiger partial charge in [-0.2, -0.15) is 0 Å². The van der Waals surface area contributed by atoms with Gasteiger partial charge in [-0.3, -0.25) is 4.98 Å². The van der Waals surface area contributed by atoms with Crippen LogP contribution in [0.4, 0.5) is 0 Å². The summed E-state index contributed by atoms with van der Waals surface area (Å²) in [5, 5.41) is 0. The fourth-order valence-electron chi connectivity index (χ4n) is 1.15. The first-order valence-electron chi connectivity index (χ1n) is 5.06. The summed E-state index contributed by atoms with van der Waals surface area (Å²) >= 11 is 0. The van der Waals surface area contributed by atoms with Crippen LogP contribution in [0.15, 0.2) is 35.7 Å². The maximum absolute atomic E-state index is 4.58. The van der Waals surface area contributed by atoms with Crippen molar-refractivity contribution in [1.82, 2.24) is 9.97 Å². The lowest BCUT2D eigenvalue weighted by Gasteiger charge is -2.02. The van der Waals surface area contributed by atoms with E-state index in [2.05, 4.69) is 21.0 Å². The van der Waals surface area contributed by atoms with E-state index in [1.54, 1.807) is 18.6 Å². The van der Waals surface area contributed by atoms with Crippen LogP contribution in [-0.4, -0.2) is 9.97 Å². The second kappa shape index (κ2) is 5.85. The molecule has 3 heteroatoms. The summed E-state index contributed by atoms with van der Waals surface area (Å²) in [5.41, 5.74) is 3.80. The van der Waals surface area contributed by atoms with Gasteiger partial charge in [-0.1, -0.05) is 6.58 Å². The number of nitrogens with zero attached hydrogens (tertiary/aromatic N) is 2. The Morgan fingerprint density at radius 3 is 2.00 bits per heavy atom. The van der Waals surface area contributed by atoms with Gasteiger partial charge in [-0.15, -0.1) is 0 Å². The molecule has 3 nitrogen and oxygen atoms in total. The minimum Gasteiger partial charge on any atom is -0.473 e. The molecule has 0 bridgehead atoms. The van der Waals surface area contributed by atoms with Gasteiger partial charge < -0.3 is 4.42 Å². The Bertz CT molecular complexity index is 430. The molecule has 0 aliphatic rings. The minimum absolute atomic E-state index is 0.883. The average Bonchev–Trinajstić information content (AvgIpc) is 2.82. The van der Waals surface area contributed by atoms with E-state index in [0.717, 1.165) is 22.8 Å². The average molecular weight is 216 g/mol. The third-order valence-corrected chi connectivity index (χ3v) is 2.14. The molecule has 0 aromatic carbocycles. The molecule has 84 valence electrons. The van der Waals surface area contributed by atoms with Gasteiger partial charge in [0, 0.05) is 0 Å². The monoisotopic (exact) mass is 216 g/mol. The maximum Gasteiger partial charge on any atom is 0.0902 e. The van der Waals surface area contributed by atoms with E-state index in [-0.39, 0.29) is 0 Å². The van der Waals surface area contributed by atoms with Crippen LogP contribution in [0, 0.1) is 20.8 Å².